The summed E-state index contributed by atoms with van der Waals surface area (Å²) >= 11 is 0. The first-order valence-electron chi connectivity index (χ1n) is 6.11. The summed E-state index contributed by atoms with van der Waals surface area (Å²) in [7, 11) is 0. The number of phenols is 1. The van der Waals surface area contributed by atoms with Crippen molar-refractivity contribution in [1.82, 2.24) is 10.6 Å². The highest BCUT2D eigenvalue weighted by Gasteiger charge is 2.18. The van der Waals surface area contributed by atoms with E-state index in [4.69, 9.17) is 5.11 Å². The summed E-state index contributed by atoms with van der Waals surface area (Å²) in [5.74, 6) is 0.235. The minimum absolute atomic E-state index is 0.0127. The number of phenolic OH excluding ortho intramolecular Hbond substituents is 1. The minimum atomic E-state index is -0.252. The molecule has 1 aromatic rings. The lowest BCUT2D eigenvalue weighted by Crippen LogP contribution is -2.49. The highest BCUT2D eigenvalue weighted by atomic mass is 16.3. The molecule has 4 nitrogen and oxygen atoms in total. The summed E-state index contributed by atoms with van der Waals surface area (Å²) in [5.41, 5.74) is 0.814. The van der Waals surface area contributed by atoms with Crippen LogP contribution in [-0.4, -0.2) is 22.6 Å². The second-order valence-electron chi connectivity index (χ2n) is 5.51. The molecule has 0 saturated heterocycles. The fourth-order valence-electron chi connectivity index (χ4n) is 1.46. The molecule has 100 valence electrons. The molecule has 1 aromatic carbocycles. The zero-order valence-electron chi connectivity index (χ0n) is 11.4. The van der Waals surface area contributed by atoms with Crippen LogP contribution in [0.4, 0.5) is 0 Å². The van der Waals surface area contributed by atoms with E-state index in [1.165, 1.54) is 0 Å². The summed E-state index contributed by atoms with van der Waals surface area (Å²) in [6, 6.07) is 6.68. The van der Waals surface area contributed by atoms with Gasteiger partial charge < -0.3 is 15.7 Å². The fourth-order valence-corrected chi connectivity index (χ4v) is 1.46. The van der Waals surface area contributed by atoms with E-state index in [-0.39, 0.29) is 23.2 Å². The molecule has 0 radical (unpaired) electrons. The van der Waals surface area contributed by atoms with E-state index in [1.54, 1.807) is 12.1 Å². The average molecular weight is 250 g/mol. The molecule has 1 amide bonds. The number of hydrogen-bond acceptors (Lipinski definition) is 3. The van der Waals surface area contributed by atoms with Crippen LogP contribution >= 0.6 is 0 Å². The predicted octanol–water partition coefficient (Wildman–Crippen LogP) is 1.78. The van der Waals surface area contributed by atoms with Gasteiger partial charge in [0.2, 0.25) is 5.91 Å². The van der Waals surface area contributed by atoms with Crippen molar-refractivity contribution in [2.75, 3.05) is 0 Å². The Kier molecular flexibility index (Phi) is 4.73. The van der Waals surface area contributed by atoms with Crippen LogP contribution < -0.4 is 10.6 Å². The molecule has 0 saturated carbocycles. The van der Waals surface area contributed by atoms with Gasteiger partial charge in [0.15, 0.2) is 0 Å². The van der Waals surface area contributed by atoms with E-state index < -0.39 is 0 Å². The number of rotatable bonds is 4. The molecule has 0 aliphatic heterocycles. The van der Waals surface area contributed by atoms with Gasteiger partial charge >= 0.3 is 0 Å². The van der Waals surface area contributed by atoms with Crippen molar-refractivity contribution >= 4 is 5.91 Å². The first kappa shape index (κ1) is 14.5. The number of nitrogens with one attached hydrogen (secondary N) is 2. The van der Waals surface area contributed by atoms with E-state index >= 15 is 0 Å². The molecule has 0 heterocycles. The topological polar surface area (TPSA) is 61.4 Å². The van der Waals surface area contributed by atoms with Crippen LogP contribution in [0.3, 0.4) is 0 Å². The SMILES string of the molecule is CC(NCc1ccc(O)cc1)C(=O)NC(C)(C)C. The van der Waals surface area contributed by atoms with E-state index in [1.807, 2.05) is 39.8 Å². The second-order valence-corrected chi connectivity index (χ2v) is 5.51. The molecular formula is C14H22N2O2. The molecule has 4 heteroatoms. The van der Waals surface area contributed by atoms with Gasteiger partial charge in [0.25, 0.3) is 0 Å². The maximum Gasteiger partial charge on any atom is 0.237 e. The van der Waals surface area contributed by atoms with Crippen molar-refractivity contribution in [1.29, 1.82) is 0 Å². The van der Waals surface area contributed by atoms with Gasteiger partial charge in [-0.25, -0.2) is 0 Å². The highest BCUT2D eigenvalue weighted by Crippen LogP contribution is 2.09. The lowest BCUT2D eigenvalue weighted by molar-refractivity contribution is -0.124. The Morgan fingerprint density at radius 3 is 2.33 bits per heavy atom. The van der Waals surface area contributed by atoms with Crippen LogP contribution in [0.1, 0.15) is 33.3 Å². The first-order chi connectivity index (χ1) is 8.28. The Bertz CT molecular complexity index is 393. The van der Waals surface area contributed by atoms with E-state index in [2.05, 4.69) is 10.6 Å². The Morgan fingerprint density at radius 1 is 1.28 bits per heavy atom. The van der Waals surface area contributed by atoms with Gasteiger partial charge in [0.05, 0.1) is 6.04 Å². The van der Waals surface area contributed by atoms with Gasteiger partial charge in [-0.05, 0) is 45.4 Å². The molecule has 0 aliphatic carbocycles. The Morgan fingerprint density at radius 2 is 1.83 bits per heavy atom. The van der Waals surface area contributed by atoms with Crippen LogP contribution in [0.2, 0.25) is 0 Å². The summed E-state index contributed by atoms with van der Waals surface area (Å²) in [6.07, 6.45) is 0. The standard InChI is InChI=1S/C14H22N2O2/c1-10(13(18)16-14(2,3)4)15-9-11-5-7-12(17)8-6-11/h5-8,10,15,17H,9H2,1-4H3,(H,16,18). The van der Waals surface area contributed by atoms with Crippen molar-refractivity contribution in [2.24, 2.45) is 0 Å². The number of carbonyl (C=O) groups excluding carboxylic acids is 1. The number of aromatic hydroxyl groups is 1. The molecule has 0 spiro atoms. The fraction of sp³-hybridized carbons (Fsp3) is 0.500. The molecule has 0 aliphatic rings. The molecule has 1 unspecified atom stereocenters. The van der Waals surface area contributed by atoms with E-state index in [0.29, 0.717) is 6.54 Å². The number of carbonyl (C=O) groups is 1. The summed E-state index contributed by atoms with van der Waals surface area (Å²) in [5, 5.41) is 15.2. The highest BCUT2D eigenvalue weighted by molar-refractivity contribution is 5.81. The maximum absolute atomic E-state index is 11.8. The van der Waals surface area contributed by atoms with E-state index in [0.717, 1.165) is 5.56 Å². The van der Waals surface area contributed by atoms with Crippen molar-refractivity contribution in [3.63, 3.8) is 0 Å². The first-order valence-corrected chi connectivity index (χ1v) is 6.11. The lowest BCUT2D eigenvalue weighted by atomic mass is 10.1. The Hall–Kier alpha value is -1.55. The molecule has 0 aromatic heterocycles. The summed E-state index contributed by atoms with van der Waals surface area (Å²) < 4.78 is 0. The van der Waals surface area contributed by atoms with Crippen molar-refractivity contribution in [3.8, 4) is 5.75 Å². The number of benzene rings is 1. The van der Waals surface area contributed by atoms with Crippen LogP contribution in [-0.2, 0) is 11.3 Å². The molecule has 1 atom stereocenters. The van der Waals surface area contributed by atoms with Crippen LogP contribution in [0, 0.1) is 0 Å². The van der Waals surface area contributed by atoms with Gasteiger partial charge in [0.1, 0.15) is 5.75 Å². The molecular weight excluding hydrogens is 228 g/mol. The summed E-state index contributed by atoms with van der Waals surface area (Å²) in [4.78, 5) is 11.8. The van der Waals surface area contributed by atoms with Gasteiger partial charge in [-0.3, -0.25) is 4.79 Å². The lowest BCUT2D eigenvalue weighted by Gasteiger charge is -2.23. The zero-order valence-corrected chi connectivity index (χ0v) is 11.4. The zero-order chi connectivity index (χ0) is 13.8. The van der Waals surface area contributed by atoms with Crippen molar-refractivity contribution in [2.45, 2.75) is 45.8 Å². The molecule has 0 bridgehead atoms. The van der Waals surface area contributed by atoms with Gasteiger partial charge in [0, 0.05) is 12.1 Å². The predicted molar refractivity (Wildman–Crippen MR) is 72.3 cm³/mol. The van der Waals surface area contributed by atoms with Gasteiger partial charge in [-0.2, -0.15) is 0 Å². The molecule has 0 fully saturated rings. The third-order valence-electron chi connectivity index (χ3n) is 2.44. The van der Waals surface area contributed by atoms with Crippen LogP contribution in [0.25, 0.3) is 0 Å². The van der Waals surface area contributed by atoms with Crippen molar-refractivity contribution in [3.05, 3.63) is 29.8 Å². The average Bonchev–Trinajstić information content (AvgIpc) is 2.25. The monoisotopic (exact) mass is 250 g/mol. The largest absolute Gasteiger partial charge is 0.508 e. The molecule has 3 N–H and O–H groups in total. The Balaban J connectivity index is 2.43. The van der Waals surface area contributed by atoms with E-state index in [9.17, 15) is 4.79 Å². The van der Waals surface area contributed by atoms with Crippen LogP contribution in [0.15, 0.2) is 24.3 Å². The van der Waals surface area contributed by atoms with Gasteiger partial charge in [-0.15, -0.1) is 0 Å². The molecule has 1 rings (SSSR count). The number of hydrogen-bond donors (Lipinski definition) is 3. The second kappa shape index (κ2) is 5.87. The molecule has 18 heavy (non-hydrogen) atoms. The minimum Gasteiger partial charge on any atom is -0.508 e. The third-order valence-corrected chi connectivity index (χ3v) is 2.44. The normalized spacial score (nSPS) is 13.1. The maximum atomic E-state index is 11.8. The number of amides is 1. The van der Waals surface area contributed by atoms with Crippen molar-refractivity contribution < 1.29 is 9.90 Å². The van der Waals surface area contributed by atoms with Gasteiger partial charge in [-0.1, -0.05) is 12.1 Å². The summed E-state index contributed by atoms with van der Waals surface area (Å²) in [6.45, 7) is 8.30. The Labute approximate surface area is 108 Å². The quantitative estimate of drug-likeness (QED) is 0.763. The third kappa shape index (κ3) is 5.19. The van der Waals surface area contributed by atoms with Crippen LogP contribution in [0.5, 0.6) is 5.75 Å². The smallest absolute Gasteiger partial charge is 0.237 e.